The summed E-state index contributed by atoms with van der Waals surface area (Å²) >= 11 is 3.59. The average Bonchev–Trinajstić information content (AvgIpc) is 3.11. The predicted molar refractivity (Wildman–Crippen MR) is 140 cm³/mol. The first kappa shape index (κ1) is 27.8. The molecule has 32 heavy (non-hydrogen) atoms. The minimum atomic E-state index is -0.301. The second-order valence-corrected chi connectivity index (χ2v) is 8.73. The SMILES string of the molecule is C/C=C(\C(Br)=C/C)c1[nH]c2ccc(F)cc2c1CC(=O)N(C)CCCCC.CN=C(C)C. The average molecular weight is 507 g/mol. The summed E-state index contributed by atoms with van der Waals surface area (Å²) in [7, 11) is 3.63. The molecule has 0 spiro atoms. The van der Waals surface area contributed by atoms with Gasteiger partial charge in [0.25, 0.3) is 0 Å². The van der Waals surface area contributed by atoms with E-state index in [-0.39, 0.29) is 18.1 Å². The Bertz CT molecular complexity index is 984. The number of aromatic nitrogens is 1. The van der Waals surface area contributed by atoms with Crippen molar-refractivity contribution in [3.63, 3.8) is 0 Å². The van der Waals surface area contributed by atoms with Gasteiger partial charge in [-0.3, -0.25) is 9.79 Å². The molecule has 1 heterocycles. The number of likely N-dealkylation sites (N-methyl/N-ethyl adjacent to an activating group) is 1. The molecule has 176 valence electrons. The van der Waals surface area contributed by atoms with Crippen LogP contribution < -0.4 is 0 Å². The van der Waals surface area contributed by atoms with Crippen LogP contribution >= 0.6 is 15.9 Å². The van der Waals surface area contributed by atoms with Crippen molar-refractivity contribution < 1.29 is 9.18 Å². The fourth-order valence-corrected chi connectivity index (χ4v) is 3.63. The van der Waals surface area contributed by atoms with Gasteiger partial charge in [0.1, 0.15) is 5.82 Å². The van der Waals surface area contributed by atoms with Gasteiger partial charge in [-0.15, -0.1) is 0 Å². The highest BCUT2D eigenvalue weighted by Gasteiger charge is 2.20. The number of H-pyrrole nitrogens is 1. The third-order valence-corrected chi connectivity index (χ3v) is 6.12. The largest absolute Gasteiger partial charge is 0.354 e. The van der Waals surface area contributed by atoms with E-state index in [1.165, 1.54) is 12.1 Å². The van der Waals surface area contributed by atoms with Crippen LogP contribution in [0.5, 0.6) is 0 Å². The van der Waals surface area contributed by atoms with Gasteiger partial charge in [0, 0.05) is 47.3 Å². The number of nitrogens with one attached hydrogen (secondary N) is 1. The van der Waals surface area contributed by atoms with Crippen LogP contribution in [0.4, 0.5) is 4.39 Å². The van der Waals surface area contributed by atoms with E-state index in [2.05, 4.69) is 32.8 Å². The fraction of sp³-hybridized carbons (Fsp3) is 0.462. The van der Waals surface area contributed by atoms with E-state index in [0.29, 0.717) is 0 Å². The van der Waals surface area contributed by atoms with Crippen molar-refractivity contribution in [3.8, 4) is 0 Å². The van der Waals surface area contributed by atoms with E-state index in [1.54, 1.807) is 18.0 Å². The molecule has 2 rings (SSSR count). The van der Waals surface area contributed by atoms with Crippen LogP contribution in [-0.2, 0) is 11.2 Å². The number of rotatable bonds is 8. The predicted octanol–water partition coefficient (Wildman–Crippen LogP) is 7.30. The Morgan fingerprint density at radius 3 is 2.41 bits per heavy atom. The van der Waals surface area contributed by atoms with E-state index < -0.39 is 0 Å². The maximum Gasteiger partial charge on any atom is 0.226 e. The molecule has 2 aromatic rings. The molecule has 0 radical (unpaired) electrons. The molecule has 0 bridgehead atoms. The van der Waals surface area contributed by atoms with Crippen molar-refractivity contribution in [2.75, 3.05) is 20.6 Å². The summed E-state index contributed by atoms with van der Waals surface area (Å²) in [6, 6.07) is 4.67. The lowest BCUT2D eigenvalue weighted by Gasteiger charge is -2.18. The first-order valence-electron chi connectivity index (χ1n) is 11.1. The van der Waals surface area contributed by atoms with Crippen molar-refractivity contribution in [1.29, 1.82) is 0 Å². The second-order valence-electron chi connectivity index (χ2n) is 7.88. The molecule has 0 unspecified atom stereocenters. The van der Waals surface area contributed by atoms with Gasteiger partial charge in [-0.05, 0) is 57.9 Å². The molecule has 0 saturated carbocycles. The van der Waals surface area contributed by atoms with E-state index >= 15 is 0 Å². The Labute approximate surface area is 200 Å². The summed E-state index contributed by atoms with van der Waals surface area (Å²) in [6.07, 6.45) is 7.42. The molecule has 1 aromatic heterocycles. The Morgan fingerprint density at radius 2 is 1.88 bits per heavy atom. The number of nitrogens with zero attached hydrogens (tertiary/aromatic N) is 2. The first-order chi connectivity index (χ1) is 15.2. The number of halogens is 2. The number of amides is 1. The zero-order valence-electron chi connectivity index (χ0n) is 20.5. The second kappa shape index (κ2) is 14.0. The van der Waals surface area contributed by atoms with Gasteiger partial charge in [-0.1, -0.05) is 47.8 Å². The van der Waals surface area contributed by atoms with E-state index in [1.807, 2.05) is 46.9 Å². The van der Waals surface area contributed by atoms with Crippen LogP contribution in [0.25, 0.3) is 16.5 Å². The molecule has 0 aliphatic carbocycles. The molecule has 0 atom stereocenters. The Kier molecular flexibility index (Phi) is 12.2. The highest BCUT2D eigenvalue weighted by Crippen LogP contribution is 2.34. The zero-order chi connectivity index (χ0) is 24.3. The highest BCUT2D eigenvalue weighted by molar-refractivity contribution is 9.12. The minimum Gasteiger partial charge on any atom is -0.354 e. The lowest BCUT2D eigenvalue weighted by atomic mass is 10.0. The lowest BCUT2D eigenvalue weighted by molar-refractivity contribution is -0.129. The van der Waals surface area contributed by atoms with Crippen molar-refractivity contribution in [3.05, 3.63) is 51.9 Å². The number of aliphatic imine (C=N–C) groups is 1. The highest BCUT2D eigenvalue weighted by atomic mass is 79.9. The molecule has 0 saturated heterocycles. The van der Waals surface area contributed by atoms with E-state index in [9.17, 15) is 9.18 Å². The summed E-state index contributed by atoms with van der Waals surface area (Å²) in [6.45, 7) is 10.7. The Hall–Kier alpha value is -2.21. The van der Waals surface area contributed by atoms with Gasteiger partial charge < -0.3 is 9.88 Å². The molecule has 1 N–H and O–H groups in total. The van der Waals surface area contributed by atoms with Gasteiger partial charge in [-0.25, -0.2) is 4.39 Å². The molecule has 1 amide bonds. The molecule has 0 fully saturated rings. The molecule has 4 nitrogen and oxygen atoms in total. The van der Waals surface area contributed by atoms with Crippen molar-refractivity contribution >= 4 is 44.0 Å². The Morgan fingerprint density at radius 1 is 1.22 bits per heavy atom. The molecule has 6 heteroatoms. The van der Waals surface area contributed by atoms with Crippen molar-refractivity contribution in [1.82, 2.24) is 9.88 Å². The summed E-state index contributed by atoms with van der Waals surface area (Å²) in [5.41, 5.74) is 4.62. The summed E-state index contributed by atoms with van der Waals surface area (Å²) in [5, 5.41) is 0.760. The monoisotopic (exact) mass is 505 g/mol. The van der Waals surface area contributed by atoms with Gasteiger partial charge in [0.15, 0.2) is 0 Å². The van der Waals surface area contributed by atoms with Crippen molar-refractivity contribution in [2.45, 2.75) is 60.3 Å². The van der Waals surface area contributed by atoms with Gasteiger partial charge in [0.2, 0.25) is 5.91 Å². The summed E-state index contributed by atoms with van der Waals surface area (Å²) in [5.74, 6) is -0.255. The fourth-order valence-electron chi connectivity index (χ4n) is 3.20. The van der Waals surface area contributed by atoms with Crippen LogP contribution in [0.15, 0.2) is 39.8 Å². The number of hydrogen-bond acceptors (Lipinski definition) is 2. The van der Waals surface area contributed by atoms with Crippen LogP contribution in [-0.4, -0.2) is 42.1 Å². The van der Waals surface area contributed by atoms with Crippen molar-refractivity contribution in [2.24, 2.45) is 4.99 Å². The maximum absolute atomic E-state index is 13.9. The Balaban J connectivity index is 0.000000920. The smallest absolute Gasteiger partial charge is 0.226 e. The number of hydrogen-bond donors (Lipinski definition) is 1. The molecule has 0 aliphatic rings. The quantitative estimate of drug-likeness (QED) is 0.228. The number of carbonyl (C=O) groups is 1. The molecule has 1 aromatic carbocycles. The van der Waals surface area contributed by atoms with Crippen LogP contribution in [0.2, 0.25) is 0 Å². The van der Waals surface area contributed by atoms with Crippen LogP contribution in [0.3, 0.4) is 0 Å². The van der Waals surface area contributed by atoms with E-state index in [4.69, 9.17) is 0 Å². The normalized spacial score (nSPS) is 11.8. The number of fused-ring (bicyclic) bond motifs is 1. The van der Waals surface area contributed by atoms with Gasteiger partial charge in [0.05, 0.1) is 12.1 Å². The van der Waals surface area contributed by atoms with Gasteiger partial charge in [-0.2, -0.15) is 0 Å². The number of aromatic amines is 1. The maximum atomic E-state index is 13.9. The third kappa shape index (κ3) is 8.05. The number of allylic oxidation sites excluding steroid dienone is 4. The number of unbranched alkanes of at least 4 members (excludes halogenated alkanes) is 2. The minimum absolute atomic E-state index is 0.0459. The van der Waals surface area contributed by atoms with Crippen LogP contribution in [0.1, 0.15) is 65.1 Å². The molecule has 0 aliphatic heterocycles. The summed E-state index contributed by atoms with van der Waals surface area (Å²) < 4.78 is 14.8. The van der Waals surface area contributed by atoms with Crippen LogP contribution in [0, 0.1) is 5.82 Å². The lowest BCUT2D eigenvalue weighted by Crippen LogP contribution is -2.29. The topological polar surface area (TPSA) is 48.5 Å². The number of carbonyl (C=O) groups excluding carboxylic acids is 1. The van der Waals surface area contributed by atoms with Gasteiger partial charge >= 0.3 is 0 Å². The third-order valence-electron chi connectivity index (χ3n) is 5.23. The standard InChI is InChI=1S/C22H28BrFN2O.C4H9N/c1-5-8-9-12-26(4)21(27)14-18-17-13-15(24)10-11-20(17)25-22(18)16(6-2)19(23)7-3;1-4(2)5-3/h6-7,10-11,13,25H,5,8-9,12,14H2,1-4H3;1-3H3/b16-6+,19-7+;. The van der Waals surface area contributed by atoms with E-state index in [0.717, 1.165) is 63.7 Å². The number of benzene rings is 1. The summed E-state index contributed by atoms with van der Waals surface area (Å²) in [4.78, 5) is 21.8. The molecular weight excluding hydrogens is 469 g/mol. The zero-order valence-corrected chi connectivity index (χ0v) is 22.1. The molecular formula is C26H37BrFN3O. The first-order valence-corrected chi connectivity index (χ1v) is 11.9.